The van der Waals surface area contributed by atoms with Gasteiger partial charge >= 0.3 is 0 Å². The van der Waals surface area contributed by atoms with E-state index in [9.17, 15) is 25.5 Å². The monoisotopic (exact) mass is 358 g/mol. The van der Waals surface area contributed by atoms with E-state index in [1.54, 1.807) is 0 Å². The molecule has 2 aliphatic rings. The van der Waals surface area contributed by atoms with Crippen LogP contribution >= 0.6 is 0 Å². The summed E-state index contributed by atoms with van der Waals surface area (Å²) in [5.41, 5.74) is 0. The van der Waals surface area contributed by atoms with Crippen molar-refractivity contribution in [3.05, 3.63) is 0 Å². The Hall–Kier alpha value is -0.480. The van der Waals surface area contributed by atoms with Crippen LogP contribution in [-0.2, 0) is 19.1 Å². The van der Waals surface area contributed by atoms with Gasteiger partial charge in [0, 0.05) is 0 Å². The summed E-state index contributed by atoms with van der Waals surface area (Å²) in [6.07, 6.45) is -15.7. The highest BCUT2D eigenvalue weighted by Gasteiger charge is 2.50. The molecule has 2 aliphatic heterocycles. The number of rotatable bonds is 5. The molecular formula is C12H22O12. The Kier molecular flexibility index (Phi) is 6.83. The SMILES string of the molecule is OC[C@H]1O[C@H](O[C@H]2O[C@H](CO)[C@@H](O)[C@H](OO)[C@H]2O)[C@H](O)[C@@H](O)[C@@H]1O. The lowest BCUT2D eigenvalue weighted by molar-refractivity contribution is -0.406. The molecule has 0 radical (unpaired) electrons. The lowest BCUT2D eigenvalue weighted by Gasteiger charge is -2.44. The lowest BCUT2D eigenvalue weighted by Crippen LogP contribution is -2.64. The molecular weight excluding hydrogens is 336 g/mol. The van der Waals surface area contributed by atoms with Crippen LogP contribution in [0.2, 0.25) is 0 Å². The average molecular weight is 358 g/mol. The van der Waals surface area contributed by atoms with Gasteiger partial charge in [-0.3, -0.25) is 5.26 Å². The van der Waals surface area contributed by atoms with Gasteiger partial charge in [0.25, 0.3) is 0 Å². The van der Waals surface area contributed by atoms with Gasteiger partial charge in [-0.1, -0.05) is 0 Å². The zero-order valence-corrected chi connectivity index (χ0v) is 12.4. The Bertz CT molecular complexity index is 394. The number of aliphatic hydroxyl groups excluding tert-OH is 7. The summed E-state index contributed by atoms with van der Waals surface area (Å²) in [7, 11) is 0. The topological polar surface area (TPSA) is 199 Å². The third-order valence-corrected chi connectivity index (χ3v) is 4.06. The Morgan fingerprint density at radius 3 is 1.67 bits per heavy atom. The first kappa shape index (κ1) is 19.8. The number of aliphatic hydroxyl groups is 7. The second kappa shape index (κ2) is 8.27. The van der Waals surface area contributed by atoms with E-state index in [4.69, 9.17) is 29.7 Å². The summed E-state index contributed by atoms with van der Waals surface area (Å²) < 4.78 is 15.4. The molecule has 10 atom stereocenters. The molecule has 0 aromatic rings. The highest BCUT2D eigenvalue weighted by molar-refractivity contribution is 4.92. The van der Waals surface area contributed by atoms with E-state index >= 15 is 0 Å². The van der Waals surface area contributed by atoms with E-state index in [1.807, 2.05) is 0 Å². The van der Waals surface area contributed by atoms with Crippen LogP contribution in [0, 0.1) is 0 Å². The molecule has 12 heteroatoms. The third-order valence-electron chi connectivity index (χ3n) is 4.06. The molecule has 24 heavy (non-hydrogen) atoms. The third kappa shape index (κ3) is 3.70. The zero-order valence-electron chi connectivity index (χ0n) is 12.4. The van der Waals surface area contributed by atoms with Crippen molar-refractivity contribution in [2.75, 3.05) is 13.2 Å². The molecule has 2 heterocycles. The largest absolute Gasteiger partial charge is 0.394 e. The van der Waals surface area contributed by atoms with Crippen LogP contribution in [0.25, 0.3) is 0 Å². The fourth-order valence-corrected chi connectivity index (χ4v) is 2.60. The van der Waals surface area contributed by atoms with Crippen molar-refractivity contribution in [3.8, 4) is 0 Å². The minimum atomic E-state index is -1.74. The van der Waals surface area contributed by atoms with Crippen LogP contribution < -0.4 is 0 Å². The van der Waals surface area contributed by atoms with Gasteiger partial charge < -0.3 is 50.0 Å². The smallest absolute Gasteiger partial charge is 0.189 e. The van der Waals surface area contributed by atoms with Gasteiger partial charge in [0.2, 0.25) is 0 Å². The van der Waals surface area contributed by atoms with Gasteiger partial charge in [-0.25, -0.2) is 4.89 Å². The van der Waals surface area contributed by atoms with E-state index in [2.05, 4.69) is 4.89 Å². The summed E-state index contributed by atoms with van der Waals surface area (Å²) >= 11 is 0. The Morgan fingerprint density at radius 2 is 1.17 bits per heavy atom. The van der Waals surface area contributed by atoms with Gasteiger partial charge in [0.05, 0.1) is 13.2 Å². The van der Waals surface area contributed by atoms with Crippen LogP contribution in [-0.4, -0.2) is 116 Å². The second-order valence-electron chi connectivity index (χ2n) is 5.61. The summed E-state index contributed by atoms with van der Waals surface area (Å²) in [4.78, 5) is 3.97. The van der Waals surface area contributed by atoms with Crippen molar-refractivity contribution >= 4 is 0 Å². The highest BCUT2D eigenvalue weighted by atomic mass is 17.1. The van der Waals surface area contributed by atoms with Crippen molar-refractivity contribution in [2.24, 2.45) is 0 Å². The van der Waals surface area contributed by atoms with Crippen LogP contribution in [0.4, 0.5) is 0 Å². The molecule has 0 aromatic carbocycles. The van der Waals surface area contributed by atoms with Crippen molar-refractivity contribution in [2.45, 2.75) is 61.4 Å². The van der Waals surface area contributed by atoms with Gasteiger partial charge in [-0.2, -0.15) is 0 Å². The van der Waals surface area contributed by atoms with E-state index in [0.717, 1.165) is 0 Å². The number of hydrogen-bond donors (Lipinski definition) is 8. The highest BCUT2D eigenvalue weighted by Crippen LogP contribution is 2.28. The molecule has 2 saturated heterocycles. The molecule has 0 amide bonds. The Labute approximate surface area is 135 Å². The van der Waals surface area contributed by atoms with E-state index < -0.39 is 74.6 Å². The molecule has 0 spiro atoms. The molecule has 0 bridgehead atoms. The zero-order chi connectivity index (χ0) is 18.0. The van der Waals surface area contributed by atoms with Crippen molar-refractivity contribution < 1.29 is 60.1 Å². The molecule has 142 valence electrons. The summed E-state index contributed by atoms with van der Waals surface area (Å²) in [6.45, 7) is -1.37. The first-order valence-corrected chi connectivity index (χ1v) is 7.24. The maximum Gasteiger partial charge on any atom is 0.189 e. The maximum atomic E-state index is 10.00. The number of ether oxygens (including phenoxy) is 3. The van der Waals surface area contributed by atoms with Crippen LogP contribution in [0.15, 0.2) is 0 Å². The molecule has 2 fully saturated rings. The van der Waals surface area contributed by atoms with Crippen LogP contribution in [0.1, 0.15) is 0 Å². The van der Waals surface area contributed by atoms with Crippen LogP contribution in [0.5, 0.6) is 0 Å². The minimum Gasteiger partial charge on any atom is -0.394 e. The predicted octanol–water partition coefficient (Wildman–Crippen LogP) is -4.90. The molecule has 2 rings (SSSR count). The quantitative estimate of drug-likeness (QED) is 0.172. The van der Waals surface area contributed by atoms with E-state index in [-0.39, 0.29) is 0 Å². The summed E-state index contributed by atoms with van der Waals surface area (Å²) in [5.74, 6) is 0. The molecule has 12 nitrogen and oxygen atoms in total. The maximum absolute atomic E-state index is 10.00. The first-order valence-electron chi connectivity index (χ1n) is 7.24. The first-order chi connectivity index (χ1) is 11.3. The minimum absolute atomic E-state index is 0.681. The second-order valence-corrected chi connectivity index (χ2v) is 5.61. The fraction of sp³-hybridized carbons (Fsp3) is 1.00. The van der Waals surface area contributed by atoms with Crippen molar-refractivity contribution in [3.63, 3.8) is 0 Å². The average Bonchev–Trinajstić information content (AvgIpc) is 2.58. The standard InChI is InChI=1S/C12H22O12/c13-1-3-5(15)7(17)8(18)11(21-3)23-12-9(19)10(24-20)6(16)4(2-14)22-12/h3-20H,1-2H2/t3-,4-,5-,6-,7+,8-,9-,10+,11-,12-/m1/s1. The summed E-state index contributed by atoms with van der Waals surface area (Å²) in [6, 6.07) is 0. The van der Waals surface area contributed by atoms with E-state index in [0.29, 0.717) is 0 Å². The molecule has 8 N–H and O–H groups in total. The fourth-order valence-electron chi connectivity index (χ4n) is 2.60. The van der Waals surface area contributed by atoms with Gasteiger partial charge in [0.15, 0.2) is 18.7 Å². The number of hydrogen-bond acceptors (Lipinski definition) is 12. The molecule has 0 aromatic heterocycles. The van der Waals surface area contributed by atoms with Gasteiger partial charge in [0.1, 0.15) is 42.7 Å². The molecule has 0 aliphatic carbocycles. The Balaban J connectivity index is 2.10. The predicted molar refractivity (Wildman–Crippen MR) is 70.1 cm³/mol. The van der Waals surface area contributed by atoms with Gasteiger partial charge in [-0.15, -0.1) is 0 Å². The molecule has 0 saturated carbocycles. The Morgan fingerprint density at radius 1 is 0.667 bits per heavy atom. The van der Waals surface area contributed by atoms with Crippen molar-refractivity contribution in [1.82, 2.24) is 0 Å². The lowest BCUT2D eigenvalue weighted by atomic mass is 9.98. The van der Waals surface area contributed by atoms with E-state index in [1.165, 1.54) is 0 Å². The van der Waals surface area contributed by atoms with Crippen LogP contribution in [0.3, 0.4) is 0 Å². The summed E-state index contributed by atoms with van der Waals surface area (Å²) in [5, 5.41) is 76.0. The van der Waals surface area contributed by atoms with Crippen molar-refractivity contribution in [1.29, 1.82) is 0 Å². The van der Waals surface area contributed by atoms with Gasteiger partial charge in [-0.05, 0) is 0 Å². The normalized spacial score (nSPS) is 50.0. The molecule has 0 unspecified atom stereocenters.